The molecule has 0 aliphatic heterocycles. The van der Waals surface area contributed by atoms with Gasteiger partial charge in [-0.05, 0) is 24.3 Å². The van der Waals surface area contributed by atoms with Crippen LogP contribution in [0.2, 0.25) is 10.0 Å². The van der Waals surface area contributed by atoms with Gasteiger partial charge in [0, 0.05) is 19.2 Å². The number of amides is 2. The first-order valence-corrected chi connectivity index (χ1v) is 8.63. The van der Waals surface area contributed by atoms with E-state index in [2.05, 4.69) is 20.6 Å². The van der Waals surface area contributed by atoms with Crippen LogP contribution in [0.1, 0.15) is 0 Å². The number of carbonyl (C=O) groups is 1. The third-order valence-corrected chi connectivity index (χ3v) is 4.32. The number of benzene rings is 2. The number of nitrogens with one attached hydrogen (secondary N) is 2. The molecule has 0 fully saturated rings. The number of nitrogens with zero attached hydrogens (tertiary/aromatic N) is 3. The van der Waals surface area contributed by atoms with Crippen LogP contribution in [0.4, 0.5) is 36.6 Å². The van der Waals surface area contributed by atoms with Crippen molar-refractivity contribution in [3.8, 4) is 0 Å². The normalized spacial score (nSPS) is 10.5. The lowest BCUT2D eigenvalue weighted by molar-refractivity contribution is 0.258. The average Bonchev–Trinajstić information content (AvgIpc) is 2.66. The molecule has 3 aromatic rings. The number of hydrogen-bond donors (Lipinski definition) is 2. The van der Waals surface area contributed by atoms with E-state index in [1.54, 1.807) is 18.2 Å². The number of anilines is 4. The first-order chi connectivity index (χ1) is 13.3. The van der Waals surface area contributed by atoms with Crippen molar-refractivity contribution < 1.29 is 13.6 Å². The third kappa shape index (κ3) is 4.47. The fourth-order valence-electron chi connectivity index (χ4n) is 2.24. The van der Waals surface area contributed by atoms with Crippen LogP contribution >= 0.6 is 23.2 Å². The molecule has 3 rings (SSSR count). The molecule has 2 amide bonds. The van der Waals surface area contributed by atoms with Gasteiger partial charge in [0.25, 0.3) is 0 Å². The zero-order valence-electron chi connectivity index (χ0n) is 14.4. The van der Waals surface area contributed by atoms with Crippen LogP contribution in [0, 0.1) is 11.6 Å². The highest BCUT2D eigenvalue weighted by molar-refractivity contribution is 6.39. The fraction of sp³-hybridized carbons (Fsp3) is 0.0556. The Morgan fingerprint density at radius 3 is 2.46 bits per heavy atom. The van der Waals surface area contributed by atoms with Crippen molar-refractivity contribution in [2.75, 3.05) is 22.6 Å². The Morgan fingerprint density at radius 1 is 1.07 bits per heavy atom. The molecular formula is C18H13Cl2F2N5O. The van der Waals surface area contributed by atoms with Crippen molar-refractivity contribution in [3.05, 3.63) is 70.5 Å². The van der Waals surface area contributed by atoms with Crippen LogP contribution in [-0.2, 0) is 0 Å². The number of hydrogen-bond acceptors (Lipinski definition) is 4. The summed E-state index contributed by atoms with van der Waals surface area (Å²) < 4.78 is 26.8. The summed E-state index contributed by atoms with van der Waals surface area (Å²) in [5.41, 5.74) is 0.296. The number of rotatable bonds is 4. The summed E-state index contributed by atoms with van der Waals surface area (Å²) in [5, 5.41) is 5.88. The highest BCUT2D eigenvalue weighted by Crippen LogP contribution is 2.30. The summed E-state index contributed by atoms with van der Waals surface area (Å²) in [4.78, 5) is 21.7. The van der Waals surface area contributed by atoms with Crippen molar-refractivity contribution >= 4 is 52.2 Å². The molecule has 2 aromatic carbocycles. The van der Waals surface area contributed by atoms with Crippen molar-refractivity contribution in [2.24, 2.45) is 0 Å². The Labute approximate surface area is 169 Å². The molecule has 1 aromatic heterocycles. The summed E-state index contributed by atoms with van der Waals surface area (Å²) >= 11 is 12.1. The maximum absolute atomic E-state index is 13.8. The van der Waals surface area contributed by atoms with Gasteiger partial charge in [-0.3, -0.25) is 4.90 Å². The lowest BCUT2D eigenvalue weighted by Gasteiger charge is -2.18. The van der Waals surface area contributed by atoms with Crippen LogP contribution < -0.4 is 15.5 Å². The number of aromatic nitrogens is 2. The van der Waals surface area contributed by atoms with Gasteiger partial charge >= 0.3 is 6.03 Å². The minimum Gasteiger partial charge on any atom is -0.338 e. The summed E-state index contributed by atoms with van der Waals surface area (Å²) in [6.45, 7) is 0. The number of halogens is 4. The monoisotopic (exact) mass is 423 g/mol. The van der Waals surface area contributed by atoms with Gasteiger partial charge in [-0.2, -0.15) is 0 Å². The molecule has 0 atom stereocenters. The van der Waals surface area contributed by atoms with Gasteiger partial charge < -0.3 is 10.6 Å². The van der Waals surface area contributed by atoms with E-state index in [0.29, 0.717) is 0 Å². The van der Waals surface area contributed by atoms with Gasteiger partial charge in [-0.15, -0.1) is 0 Å². The molecule has 0 aliphatic carbocycles. The number of carbonyl (C=O) groups excluding carboxylic acids is 1. The first-order valence-electron chi connectivity index (χ1n) is 7.88. The predicted molar refractivity (Wildman–Crippen MR) is 106 cm³/mol. The van der Waals surface area contributed by atoms with Gasteiger partial charge in [-0.1, -0.05) is 29.3 Å². The maximum Gasteiger partial charge on any atom is 0.327 e. The molecule has 0 saturated carbocycles. The maximum atomic E-state index is 13.8. The molecule has 10 heteroatoms. The van der Waals surface area contributed by atoms with Gasteiger partial charge in [0.15, 0.2) is 0 Å². The van der Waals surface area contributed by atoms with Crippen LogP contribution in [0.5, 0.6) is 0 Å². The summed E-state index contributed by atoms with van der Waals surface area (Å²) in [6.07, 6.45) is 1.20. The highest BCUT2D eigenvalue weighted by Gasteiger charge is 2.16. The van der Waals surface area contributed by atoms with Crippen LogP contribution in [0.25, 0.3) is 0 Å². The molecule has 2 N–H and O–H groups in total. The summed E-state index contributed by atoms with van der Waals surface area (Å²) in [5.74, 6) is -1.03. The molecule has 1 heterocycles. The largest absolute Gasteiger partial charge is 0.338 e. The molecule has 0 bridgehead atoms. The summed E-state index contributed by atoms with van der Waals surface area (Å²) in [6, 6.07) is 8.81. The molecule has 0 radical (unpaired) electrons. The summed E-state index contributed by atoms with van der Waals surface area (Å²) in [7, 11) is 1.48. The van der Waals surface area contributed by atoms with Crippen molar-refractivity contribution in [3.63, 3.8) is 0 Å². The van der Waals surface area contributed by atoms with E-state index in [1.807, 2.05) is 0 Å². The van der Waals surface area contributed by atoms with Crippen LogP contribution in [0.3, 0.4) is 0 Å². The Kier molecular flexibility index (Phi) is 5.91. The van der Waals surface area contributed by atoms with Crippen LogP contribution in [-0.4, -0.2) is 23.0 Å². The molecule has 28 heavy (non-hydrogen) atoms. The van der Waals surface area contributed by atoms with Gasteiger partial charge in [0.05, 0.1) is 21.4 Å². The highest BCUT2D eigenvalue weighted by atomic mass is 35.5. The molecular weight excluding hydrogens is 411 g/mol. The third-order valence-electron chi connectivity index (χ3n) is 3.69. The van der Waals surface area contributed by atoms with E-state index < -0.39 is 17.7 Å². The van der Waals surface area contributed by atoms with Gasteiger partial charge in [0.2, 0.25) is 0 Å². The minimum absolute atomic E-state index is 0.0287. The zero-order valence-corrected chi connectivity index (χ0v) is 15.9. The van der Waals surface area contributed by atoms with E-state index in [0.717, 1.165) is 12.1 Å². The number of para-hydroxylation sites is 1. The zero-order chi connectivity index (χ0) is 20.3. The Bertz CT molecular complexity index is 1010. The topological polar surface area (TPSA) is 70.2 Å². The molecule has 0 spiro atoms. The van der Waals surface area contributed by atoms with Gasteiger partial charge in [-0.25, -0.2) is 23.5 Å². The standard InChI is InChI=1S/C18H13Cl2F2N5O/c1-27(18(28)26-17-11(19)3-2-4-12(17)20)16-8-15(23-9-24-16)25-14-6-5-10(21)7-13(14)22/h2-9H,1H3,(H,26,28)(H,23,24,25). The Morgan fingerprint density at radius 2 is 1.79 bits per heavy atom. The second-order valence-electron chi connectivity index (χ2n) is 5.60. The van der Waals surface area contributed by atoms with E-state index in [1.165, 1.54) is 30.4 Å². The Hall–Kier alpha value is -2.97. The van der Waals surface area contributed by atoms with Crippen molar-refractivity contribution in [2.45, 2.75) is 0 Å². The minimum atomic E-state index is -0.778. The van der Waals surface area contributed by atoms with E-state index in [-0.39, 0.29) is 33.1 Å². The SMILES string of the molecule is CN(C(=O)Nc1c(Cl)cccc1Cl)c1cc(Nc2ccc(F)cc2F)ncn1. The lowest BCUT2D eigenvalue weighted by Crippen LogP contribution is -2.32. The van der Waals surface area contributed by atoms with E-state index in [9.17, 15) is 13.6 Å². The van der Waals surface area contributed by atoms with E-state index in [4.69, 9.17) is 23.2 Å². The lowest BCUT2D eigenvalue weighted by atomic mass is 10.3. The fourth-order valence-corrected chi connectivity index (χ4v) is 2.73. The molecule has 0 unspecified atom stereocenters. The second kappa shape index (κ2) is 8.37. The number of urea groups is 1. The van der Waals surface area contributed by atoms with E-state index >= 15 is 0 Å². The van der Waals surface area contributed by atoms with Crippen molar-refractivity contribution in [1.29, 1.82) is 0 Å². The predicted octanol–water partition coefficient (Wildman–Crippen LogP) is 5.47. The molecule has 144 valence electrons. The second-order valence-corrected chi connectivity index (χ2v) is 6.41. The first kappa shape index (κ1) is 19.8. The van der Waals surface area contributed by atoms with Crippen LogP contribution in [0.15, 0.2) is 48.8 Å². The molecule has 6 nitrogen and oxygen atoms in total. The smallest absolute Gasteiger partial charge is 0.327 e. The Balaban J connectivity index is 1.78. The molecule has 0 saturated heterocycles. The quantitative estimate of drug-likeness (QED) is 0.583. The van der Waals surface area contributed by atoms with Crippen molar-refractivity contribution in [1.82, 2.24) is 9.97 Å². The molecule has 0 aliphatic rings. The van der Waals surface area contributed by atoms with Gasteiger partial charge in [0.1, 0.15) is 29.6 Å². The average molecular weight is 424 g/mol.